The maximum atomic E-state index is 8.01. The molecular formula is C75H92BN3OSi. The first-order chi connectivity index (χ1) is 37.7. The van der Waals surface area contributed by atoms with Gasteiger partial charge in [0.25, 0.3) is 6.71 Å². The summed E-state index contributed by atoms with van der Waals surface area (Å²) >= 11 is 0. The fourth-order valence-electron chi connectivity index (χ4n) is 16.1. The SMILES string of the molecule is CC1(C)CCC(C)(C)c2cc(N3c4cc5c(cc4B4c6oc7c(c6N(c6ccc8c(c6)C(C)(C)CCC8(C)C)c6cc(N(c8ccccc8)c8ccc([Si](C)(C)C)cc8)cc3c64)C(C)(C)CCC7(C)C)C(C)(C)CCC5(C)C)ccc21. The van der Waals surface area contributed by atoms with Crippen LogP contribution < -0.4 is 36.5 Å². The first-order valence-electron chi connectivity index (χ1n) is 31.1. The summed E-state index contributed by atoms with van der Waals surface area (Å²) in [7, 11) is -1.60. The smallest absolute Gasteiger partial charge is 0.297 e. The van der Waals surface area contributed by atoms with Gasteiger partial charge in [-0.15, -0.1) is 0 Å². The molecule has 0 bridgehead atoms. The van der Waals surface area contributed by atoms with Gasteiger partial charge in [-0.1, -0.05) is 184 Å². The Morgan fingerprint density at radius 2 is 0.840 bits per heavy atom. The van der Waals surface area contributed by atoms with Crippen molar-refractivity contribution in [3.8, 4) is 0 Å². The van der Waals surface area contributed by atoms with Crippen LogP contribution >= 0.6 is 0 Å². The van der Waals surface area contributed by atoms with Crippen LogP contribution in [0.3, 0.4) is 0 Å². The van der Waals surface area contributed by atoms with E-state index >= 15 is 0 Å². The lowest BCUT2D eigenvalue weighted by atomic mass is 9.35. The number of fused-ring (bicyclic) bond motifs is 9. The third-order valence-corrected chi connectivity index (χ3v) is 24.0. The van der Waals surface area contributed by atoms with Gasteiger partial charge in [-0.05, 0) is 200 Å². The molecule has 0 unspecified atom stereocenters. The van der Waals surface area contributed by atoms with Gasteiger partial charge in [-0.3, -0.25) is 0 Å². The Kier molecular flexibility index (Phi) is 11.7. The van der Waals surface area contributed by atoms with Crippen molar-refractivity contribution >= 4 is 87.7 Å². The summed E-state index contributed by atoms with van der Waals surface area (Å²) in [4.78, 5) is 8.02. The summed E-state index contributed by atoms with van der Waals surface area (Å²) in [5, 5.41) is 1.46. The van der Waals surface area contributed by atoms with Gasteiger partial charge in [0.05, 0.1) is 25.1 Å². The van der Waals surface area contributed by atoms with Crippen LogP contribution in [0.25, 0.3) is 0 Å². The number of hydrogen-bond donors (Lipinski definition) is 0. The van der Waals surface area contributed by atoms with Gasteiger partial charge < -0.3 is 19.1 Å². The Bertz CT molecular complexity index is 3730. The summed E-state index contributed by atoms with van der Waals surface area (Å²) < 4.78 is 8.01. The summed E-state index contributed by atoms with van der Waals surface area (Å²) in [6.45, 7) is 46.9. The molecule has 0 fully saturated rings. The highest BCUT2D eigenvalue weighted by Crippen LogP contribution is 2.58. The van der Waals surface area contributed by atoms with Crippen molar-refractivity contribution in [2.45, 2.75) is 225 Å². The standard InChI is InChI=1S/C75H92BN3OSi/c1-68(2)33-35-70(5,6)55-41-49(27-31-53(55)68)78-60-46-58-57(72(9,10)37-38-73(58,11)12)45-59(60)76-64-61(78)43-51(77(47-23-21-20-22-24-47)48-25-29-52(30-26-48)81(17,18)19)44-62(64)79(50-28-32-54-56(42-50)71(7,8)36-34-69(54,3)4)65-63-66(80-67(65)76)75(15,16)40-39-74(63,13)14/h20-32,41-46H,33-40H2,1-19H3. The number of anilines is 9. The second-order valence-electron chi connectivity index (χ2n) is 32.5. The van der Waals surface area contributed by atoms with E-state index in [-0.39, 0.29) is 50.0 Å². The van der Waals surface area contributed by atoms with Crippen LogP contribution in [0.1, 0.15) is 207 Å². The molecule has 6 heteroatoms. The molecule has 4 nitrogen and oxygen atoms in total. The van der Waals surface area contributed by atoms with Crippen LogP contribution in [0.2, 0.25) is 19.6 Å². The highest BCUT2D eigenvalue weighted by Gasteiger charge is 2.54. The van der Waals surface area contributed by atoms with Gasteiger partial charge in [0, 0.05) is 50.8 Å². The molecule has 420 valence electrons. The quantitative estimate of drug-likeness (QED) is 0.155. The summed E-state index contributed by atoms with van der Waals surface area (Å²) in [5.41, 5.74) is 24.8. The van der Waals surface area contributed by atoms with E-state index in [0.717, 1.165) is 61.2 Å². The maximum absolute atomic E-state index is 8.01. The minimum Gasteiger partial charge on any atom is -0.472 e. The minimum atomic E-state index is -1.60. The Balaban J connectivity index is 1.21. The largest absolute Gasteiger partial charge is 0.472 e. The molecule has 0 amide bonds. The highest BCUT2D eigenvalue weighted by molar-refractivity contribution is 6.99. The Labute approximate surface area is 489 Å². The van der Waals surface area contributed by atoms with Crippen LogP contribution in [0.4, 0.5) is 51.2 Å². The van der Waals surface area contributed by atoms with E-state index < -0.39 is 8.07 Å². The number of rotatable bonds is 6. The van der Waals surface area contributed by atoms with Crippen molar-refractivity contribution in [3.63, 3.8) is 0 Å². The second kappa shape index (κ2) is 17.4. The van der Waals surface area contributed by atoms with Gasteiger partial charge in [0.1, 0.15) is 5.76 Å². The molecule has 0 spiro atoms. The molecule has 7 aromatic rings. The van der Waals surface area contributed by atoms with Crippen molar-refractivity contribution in [1.82, 2.24) is 0 Å². The van der Waals surface area contributed by atoms with E-state index in [1.54, 1.807) is 0 Å². The molecule has 0 atom stereocenters. The number of benzene rings is 6. The monoisotopic (exact) mass is 1090 g/mol. The van der Waals surface area contributed by atoms with Crippen LogP contribution in [0, 0.1) is 0 Å². The zero-order valence-electron chi connectivity index (χ0n) is 53.0. The summed E-state index contributed by atoms with van der Waals surface area (Å²) in [5.74, 6) is 1.17. The van der Waals surface area contributed by atoms with Crippen molar-refractivity contribution in [3.05, 3.63) is 160 Å². The number of nitrogens with zero attached hydrogens (tertiary/aromatic N) is 3. The zero-order valence-corrected chi connectivity index (χ0v) is 54.0. The van der Waals surface area contributed by atoms with E-state index in [1.165, 1.54) is 108 Å². The van der Waals surface area contributed by atoms with Crippen molar-refractivity contribution < 1.29 is 4.42 Å². The molecule has 0 N–H and O–H groups in total. The molecule has 13 rings (SSSR count). The summed E-state index contributed by atoms with van der Waals surface area (Å²) in [6, 6.07) is 46.6. The first-order valence-corrected chi connectivity index (χ1v) is 34.6. The molecular weight excluding hydrogens is 998 g/mol. The van der Waals surface area contributed by atoms with Gasteiger partial charge in [-0.2, -0.15) is 0 Å². The van der Waals surface area contributed by atoms with Crippen LogP contribution in [0.15, 0.2) is 120 Å². The molecule has 4 aliphatic carbocycles. The molecule has 0 saturated heterocycles. The van der Waals surface area contributed by atoms with Crippen LogP contribution in [-0.4, -0.2) is 14.8 Å². The average molecular weight is 1090 g/mol. The second-order valence-corrected chi connectivity index (χ2v) is 37.6. The number of hydrogen-bond acceptors (Lipinski definition) is 4. The lowest BCUT2D eigenvalue weighted by Crippen LogP contribution is -2.61. The van der Waals surface area contributed by atoms with Gasteiger partial charge in [0.2, 0.25) is 0 Å². The van der Waals surface area contributed by atoms with E-state index in [0.29, 0.717) is 0 Å². The topological polar surface area (TPSA) is 22.9 Å². The first kappa shape index (κ1) is 54.5. The molecule has 2 aliphatic heterocycles. The van der Waals surface area contributed by atoms with E-state index in [1.807, 2.05) is 0 Å². The van der Waals surface area contributed by atoms with Crippen LogP contribution in [-0.2, 0) is 43.3 Å². The lowest BCUT2D eigenvalue weighted by Gasteiger charge is -2.48. The average Bonchev–Trinajstić information content (AvgIpc) is 2.36. The fourth-order valence-corrected chi connectivity index (χ4v) is 17.2. The van der Waals surface area contributed by atoms with E-state index in [9.17, 15) is 0 Å². The Hall–Kier alpha value is -5.72. The molecule has 1 aromatic heterocycles. The van der Waals surface area contributed by atoms with Crippen LogP contribution in [0.5, 0.6) is 0 Å². The Morgan fingerprint density at radius 1 is 0.407 bits per heavy atom. The third kappa shape index (κ3) is 8.30. The zero-order chi connectivity index (χ0) is 57.7. The van der Waals surface area contributed by atoms with Gasteiger partial charge in [0.15, 0.2) is 0 Å². The molecule has 0 radical (unpaired) electrons. The predicted octanol–water partition coefficient (Wildman–Crippen LogP) is 18.8. The van der Waals surface area contributed by atoms with E-state index in [2.05, 4.69) is 260 Å². The molecule has 3 heterocycles. The fraction of sp³-hybridized carbons (Fsp3) is 0.467. The third-order valence-electron chi connectivity index (χ3n) is 22.0. The van der Waals surface area contributed by atoms with Crippen molar-refractivity contribution in [2.75, 3.05) is 14.7 Å². The summed E-state index contributed by atoms with van der Waals surface area (Å²) in [6.07, 6.45) is 9.11. The highest BCUT2D eigenvalue weighted by atomic mass is 28.3. The maximum Gasteiger partial charge on any atom is 0.297 e. The molecule has 6 aliphatic rings. The minimum absolute atomic E-state index is 0.0000556. The van der Waals surface area contributed by atoms with E-state index in [4.69, 9.17) is 4.42 Å². The number of para-hydroxylation sites is 1. The lowest BCUT2D eigenvalue weighted by molar-refractivity contribution is 0.282. The molecule has 81 heavy (non-hydrogen) atoms. The van der Waals surface area contributed by atoms with Gasteiger partial charge in [-0.25, -0.2) is 0 Å². The Morgan fingerprint density at radius 3 is 1.36 bits per heavy atom. The molecule has 6 aromatic carbocycles. The molecule has 0 saturated carbocycles. The normalized spacial score (nSPS) is 21.3. The number of furan rings is 1. The van der Waals surface area contributed by atoms with Crippen molar-refractivity contribution in [2.24, 2.45) is 0 Å². The predicted molar refractivity (Wildman–Crippen MR) is 352 cm³/mol. The van der Waals surface area contributed by atoms with Gasteiger partial charge >= 0.3 is 0 Å². The van der Waals surface area contributed by atoms with Crippen molar-refractivity contribution in [1.29, 1.82) is 0 Å².